The molecule has 2 rings (SSSR count). The van der Waals surface area contributed by atoms with Gasteiger partial charge in [0.05, 0.1) is 12.5 Å². The van der Waals surface area contributed by atoms with Crippen molar-refractivity contribution in [1.29, 1.82) is 0 Å². The zero-order valence-corrected chi connectivity index (χ0v) is 9.23. The van der Waals surface area contributed by atoms with Gasteiger partial charge in [-0.05, 0) is 19.1 Å². The van der Waals surface area contributed by atoms with Crippen molar-refractivity contribution in [3.63, 3.8) is 0 Å². The number of rotatable bonds is 3. The van der Waals surface area contributed by atoms with Crippen molar-refractivity contribution in [1.82, 2.24) is 20.2 Å². The highest BCUT2D eigenvalue weighted by Gasteiger charge is 1.96. The van der Waals surface area contributed by atoms with Gasteiger partial charge in [0.2, 0.25) is 0 Å². The summed E-state index contributed by atoms with van der Waals surface area (Å²) in [6.07, 6.45) is 3.21. The first-order valence-electron chi connectivity index (χ1n) is 4.54. The summed E-state index contributed by atoms with van der Waals surface area (Å²) in [6.45, 7) is 1.91. The van der Waals surface area contributed by atoms with Gasteiger partial charge in [-0.25, -0.2) is 4.98 Å². The Morgan fingerprint density at radius 3 is 2.94 bits per heavy atom. The van der Waals surface area contributed by atoms with Gasteiger partial charge in [0.15, 0.2) is 11.0 Å². The smallest absolute Gasteiger partial charge is 0.168 e. The van der Waals surface area contributed by atoms with Gasteiger partial charge in [-0.1, -0.05) is 11.6 Å². The van der Waals surface area contributed by atoms with Gasteiger partial charge in [0.1, 0.15) is 5.69 Å². The first-order chi connectivity index (χ1) is 7.75. The number of aromatic amines is 1. The molecule has 0 amide bonds. The van der Waals surface area contributed by atoms with Crippen LogP contribution < -0.4 is 5.43 Å². The molecule has 0 aliphatic carbocycles. The molecule has 6 nitrogen and oxygen atoms in total. The summed E-state index contributed by atoms with van der Waals surface area (Å²) < 4.78 is 0. The molecule has 0 spiro atoms. The lowest BCUT2D eigenvalue weighted by Gasteiger charge is -1.96. The number of aromatic nitrogens is 4. The summed E-state index contributed by atoms with van der Waals surface area (Å²) in [6, 6.07) is 3.32. The molecule has 0 aromatic carbocycles. The van der Waals surface area contributed by atoms with Crippen molar-refractivity contribution in [3.8, 4) is 0 Å². The Morgan fingerprint density at radius 1 is 1.44 bits per heavy atom. The molecule has 0 saturated heterocycles. The van der Waals surface area contributed by atoms with E-state index in [1.54, 1.807) is 24.7 Å². The molecular weight excluding hydrogens is 228 g/mol. The lowest BCUT2D eigenvalue weighted by atomic mass is 10.4. The van der Waals surface area contributed by atoms with Crippen molar-refractivity contribution in [2.45, 2.75) is 6.92 Å². The molecule has 2 aromatic heterocycles. The van der Waals surface area contributed by atoms with Crippen LogP contribution in [0.4, 0.5) is 5.82 Å². The molecule has 0 unspecified atom stereocenters. The van der Waals surface area contributed by atoms with Gasteiger partial charge in [-0.3, -0.25) is 5.43 Å². The van der Waals surface area contributed by atoms with Crippen LogP contribution in [0.25, 0.3) is 0 Å². The number of anilines is 1. The fourth-order valence-electron chi connectivity index (χ4n) is 1.03. The van der Waals surface area contributed by atoms with Crippen molar-refractivity contribution < 1.29 is 0 Å². The predicted molar refractivity (Wildman–Crippen MR) is 61.6 cm³/mol. The Morgan fingerprint density at radius 2 is 2.31 bits per heavy atom. The fourth-order valence-corrected chi connectivity index (χ4v) is 1.14. The molecule has 82 valence electrons. The molecule has 7 heteroatoms. The molecule has 0 aliphatic rings. The van der Waals surface area contributed by atoms with E-state index in [0.29, 0.717) is 11.0 Å². The topological polar surface area (TPSA) is 78.9 Å². The third kappa shape index (κ3) is 2.54. The maximum Gasteiger partial charge on any atom is 0.168 e. The number of nitrogens with zero attached hydrogens (tertiary/aromatic N) is 4. The molecule has 0 bridgehead atoms. The fraction of sp³-hybridized carbons (Fsp3) is 0.111. The Kier molecular flexibility index (Phi) is 3.11. The maximum atomic E-state index is 5.59. The Bertz CT molecular complexity index is 489. The van der Waals surface area contributed by atoms with Crippen LogP contribution in [0.1, 0.15) is 11.4 Å². The summed E-state index contributed by atoms with van der Waals surface area (Å²) in [5.74, 6) is 0.522. The Hall–Kier alpha value is -1.95. The number of nitrogens with one attached hydrogen (secondary N) is 2. The van der Waals surface area contributed by atoms with Gasteiger partial charge in [-0.2, -0.15) is 5.10 Å². The molecule has 0 aliphatic heterocycles. The van der Waals surface area contributed by atoms with Gasteiger partial charge >= 0.3 is 0 Å². The number of halogens is 1. The Balaban J connectivity index is 2.00. The normalized spacial score (nSPS) is 10.9. The number of H-pyrrole nitrogens is 1. The van der Waals surface area contributed by atoms with E-state index in [1.807, 2.05) is 6.92 Å². The highest BCUT2D eigenvalue weighted by molar-refractivity contribution is 6.29. The van der Waals surface area contributed by atoms with E-state index in [2.05, 4.69) is 30.7 Å². The van der Waals surface area contributed by atoms with Crippen LogP contribution in [-0.4, -0.2) is 26.4 Å². The lowest BCUT2D eigenvalue weighted by molar-refractivity contribution is 1.02. The maximum absolute atomic E-state index is 5.59. The van der Waals surface area contributed by atoms with Gasteiger partial charge in [0.25, 0.3) is 0 Å². The number of hydrazone groups is 1. The summed E-state index contributed by atoms with van der Waals surface area (Å²) in [4.78, 5) is 7.01. The molecule has 0 atom stereocenters. The third-order valence-corrected chi connectivity index (χ3v) is 2.07. The zero-order valence-electron chi connectivity index (χ0n) is 8.48. The van der Waals surface area contributed by atoms with Gasteiger partial charge in [0, 0.05) is 5.69 Å². The van der Waals surface area contributed by atoms with Crippen LogP contribution in [0.15, 0.2) is 23.6 Å². The molecule has 2 N–H and O–H groups in total. The minimum Gasteiger partial charge on any atom is -0.348 e. The minimum atomic E-state index is 0.345. The highest BCUT2D eigenvalue weighted by atomic mass is 35.5. The molecule has 2 heterocycles. The van der Waals surface area contributed by atoms with Crippen LogP contribution in [-0.2, 0) is 0 Å². The molecule has 2 aromatic rings. The van der Waals surface area contributed by atoms with E-state index in [1.165, 1.54) is 0 Å². The molecule has 0 fully saturated rings. The summed E-state index contributed by atoms with van der Waals surface area (Å²) in [5.41, 5.74) is 4.44. The Labute approximate surface area is 96.8 Å². The molecular formula is C9H9ClN6. The standard InChI is InChI=1S/C9H9ClN6/c1-6-7(12-5-11-6)4-13-15-9-3-2-8(10)14-16-9/h2-5H,1H3,(H,11,12)(H,15,16)/b13-4+. The van der Waals surface area contributed by atoms with Crippen LogP contribution in [0, 0.1) is 6.92 Å². The van der Waals surface area contributed by atoms with Crippen LogP contribution in [0.5, 0.6) is 0 Å². The van der Waals surface area contributed by atoms with E-state index >= 15 is 0 Å². The predicted octanol–water partition coefficient (Wildman–Crippen LogP) is 1.61. The summed E-state index contributed by atoms with van der Waals surface area (Å²) in [7, 11) is 0. The molecule has 0 radical (unpaired) electrons. The van der Waals surface area contributed by atoms with E-state index < -0.39 is 0 Å². The van der Waals surface area contributed by atoms with Crippen LogP contribution >= 0.6 is 11.6 Å². The van der Waals surface area contributed by atoms with E-state index in [0.717, 1.165) is 11.4 Å². The van der Waals surface area contributed by atoms with E-state index in [4.69, 9.17) is 11.6 Å². The second kappa shape index (κ2) is 4.71. The summed E-state index contributed by atoms with van der Waals surface area (Å²) in [5, 5.41) is 11.8. The average molecular weight is 237 g/mol. The van der Waals surface area contributed by atoms with Gasteiger partial charge in [-0.15, -0.1) is 10.2 Å². The van der Waals surface area contributed by atoms with Crippen molar-refractivity contribution in [2.75, 3.05) is 5.43 Å². The highest BCUT2D eigenvalue weighted by Crippen LogP contribution is 2.05. The molecule has 0 saturated carbocycles. The SMILES string of the molecule is Cc1[nH]cnc1/C=N/Nc1ccc(Cl)nn1. The largest absolute Gasteiger partial charge is 0.348 e. The van der Waals surface area contributed by atoms with Crippen molar-refractivity contribution >= 4 is 23.6 Å². The second-order valence-corrected chi connectivity index (χ2v) is 3.41. The van der Waals surface area contributed by atoms with Crippen LogP contribution in [0.3, 0.4) is 0 Å². The summed E-state index contributed by atoms with van der Waals surface area (Å²) >= 11 is 5.59. The van der Waals surface area contributed by atoms with Crippen molar-refractivity contribution in [3.05, 3.63) is 35.0 Å². The zero-order chi connectivity index (χ0) is 11.4. The number of hydrogen-bond donors (Lipinski definition) is 2. The second-order valence-electron chi connectivity index (χ2n) is 3.02. The van der Waals surface area contributed by atoms with Crippen molar-refractivity contribution in [2.24, 2.45) is 5.10 Å². The van der Waals surface area contributed by atoms with E-state index in [-0.39, 0.29) is 0 Å². The quantitative estimate of drug-likeness (QED) is 0.627. The lowest BCUT2D eigenvalue weighted by Crippen LogP contribution is -1.95. The third-order valence-electron chi connectivity index (χ3n) is 1.87. The monoisotopic (exact) mass is 236 g/mol. The minimum absolute atomic E-state index is 0.345. The molecule has 16 heavy (non-hydrogen) atoms. The number of aryl methyl sites for hydroxylation is 1. The first kappa shape index (κ1) is 10.6. The van der Waals surface area contributed by atoms with Gasteiger partial charge < -0.3 is 4.98 Å². The van der Waals surface area contributed by atoms with Crippen LogP contribution in [0.2, 0.25) is 5.15 Å². The number of hydrogen-bond acceptors (Lipinski definition) is 5. The van der Waals surface area contributed by atoms with E-state index in [9.17, 15) is 0 Å². The first-order valence-corrected chi connectivity index (χ1v) is 4.92. The average Bonchev–Trinajstić information content (AvgIpc) is 2.68. The number of imidazole rings is 1.